The Bertz CT molecular complexity index is 643. The van der Waals surface area contributed by atoms with E-state index in [0.717, 1.165) is 5.56 Å². The van der Waals surface area contributed by atoms with Crippen LogP contribution in [0.5, 0.6) is 0 Å². The average molecular weight is 297 g/mol. The van der Waals surface area contributed by atoms with Crippen LogP contribution in [0.25, 0.3) is 0 Å². The van der Waals surface area contributed by atoms with Gasteiger partial charge in [0.25, 0.3) is 0 Å². The van der Waals surface area contributed by atoms with E-state index in [9.17, 15) is 13.2 Å². The standard InChI is InChI=1S/C14H19NO4S/c1-8-6-9(2)13(10(3)7-8)20(17,18)15-11(4)12(15)14(16)19-5/h6-7,11-12H,1-5H3/t11-,12-,15?/m0/s1. The number of hydrogen-bond donors (Lipinski definition) is 0. The zero-order valence-electron chi connectivity index (χ0n) is 12.3. The number of rotatable bonds is 3. The molecule has 1 aromatic rings. The highest BCUT2D eigenvalue weighted by Crippen LogP contribution is 2.38. The van der Waals surface area contributed by atoms with Crippen LogP contribution in [0.1, 0.15) is 23.6 Å². The van der Waals surface area contributed by atoms with Crippen LogP contribution in [-0.2, 0) is 19.6 Å². The van der Waals surface area contributed by atoms with Gasteiger partial charge in [-0.2, -0.15) is 4.31 Å². The normalized spacial score (nSPS) is 25.4. The molecule has 2 rings (SSSR count). The summed E-state index contributed by atoms with van der Waals surface area (Å²) in [7, 11) is -2.40. The van der Waals surface area contributed by atoms with Gasteiger partial charge in [0.1, 0.15) is 6.04 Å². The summed E-state index contributed by atoms with van der Waals surface area (Å²) in [4.78, 5) is 11.9. The first-order valence-corrected chi connectivity index (χ1v) is 7.85. The molecule has 1 aliphatic rings. The monoisotopic (exact) mass is 297 g/mol. The maximum absolute atomic E-state index is 12.7. The predicted molar refractivity (Wildman–Crippen MR) is 74.9 cm³/mol. The van der Waals surface area contributed by atoms with Crippen molar-refractivity contribution in [2.45, 2.75) is 44.7 Å². The van der Waals surface area contributed by atoms with Crippen LogP contribution in [0.2, 0.25) is 0 Å². The second kappa shape index (κ2) is 4.86. The lowest BCUT2D eigenvalue weighted by Gasteiger charge is -2.13. The molecule has 0 bridgehead atoms. The van der Waals surface area contributed by atoms with E-state index in [2.05, 4.69) is 4.74 Å². The number of carbonyl (C=O) groups is 1. The fraction of sp³-hybridized carbons (Fsp3) is 0.500. The Kier molecular flexibility index (Phi) is 3.64. The molecule has 110 valence electrons. The van der Waals surface area contributed by atoms with Crippen LogP contribution < -0.4 is 0 Å². The maximum atomic E-state index is 12.7. The molecule has 1 saturated heterocycles. The van der Waals surface area contributed by atoms with Gasteiger partial charge >= 0.3 is 5.97 Å². The number of nitrogens with zero attached hydrogens (tertiary/aromatic N) is 1. The van der Waals surface area contributed by atoms with Gasteiger partial charge in [-0.05, 0) is 38.8 Å². The van der Waals surface area contributed by atoms with Crippen molar-refractivity contribution in [2.24, 2.45) is 0 Å². The van der Waals surface area contributed by atoms with Gasteiger partial charge in [0.2, 0.25) is 10.0 Å². The SMILES string of the molecule is COC(=O)[C@@H]1[C@H](C)N1S(=O)(=O)c1c(C)cc(C)cc1C. The van der Waals surface area contributed by atoms with Gasteiger partial charge in [-0.25, -0.2) is 8.42 Å². The van der Waals surface area contributed by atoms with Gasteiger partial charge in [0.15, 0.2) is 0 Å². The van der Waals surface area contributed by atoms with Gasteiger partial charge in [0.05, 0.1) is 18.0 Å². The van der Waals surface area contributed by atoms with Gasteiger partial charge < -0.3 is 4.74 Å². The van der Waals surface area contributed by atoms with Crippen LogP contribution in [-0.4, -0.2) is 37.9 Å². The van der Waals surface area contributed by atoms with Crippen LogP contribution in [0.4, 0.5) is 0 Å². The molecule has 20 heavy (non-hydrogen) atoms. The molecule has 6 heteroatoms. The van der Waals surface area contributed by atoms with E-state index in [1.165, 1.54) is 11.4 Å². The lowest BCUT2D eigenvalue weighted by Crippen LogP contribution is -2.21. The third-order valence-corrected chi connectivity index (χ3v) is 5.90. The third-order valence-electron chi connectivity index (χ3n) is 3.63. The summed E-state index contributed by atoms with van der Waals surface area (Å²) in [5.41, 5.74) is 2.41. The Hall–Kier alpha value is -1.40. The molecule has 0 aliphatic carbocycles. The Morgan fingerprint density at radius 3 is 2.15 bits per heavy atom. The molecule has 0 radical (unpaired) electrons. The molecule has 0 aromatic heterocycles. The third kappa shape index (κ3) is 2.23. The van der Waals surface area contributed by atoms with Crippen LogP contribution in [0, 0.1) is 20.8 Å². The summed E-state index contributed by atoms with van der Waals surface area (Å²) in [5, 5.41) is 0. The van der Waals surface area contributed by atoms with Crippen molar-refractivity contribution in [1.82, 2.24) is 4.31 Å². The molecule has 0 saturated carbocycles. The predicted octanol–water partition coefficient (Wildman–Crippen LogP) is 1.55. The Morgan fingerprint density at radius 2 is 1.70 bits per heavy atom. The number of esters is 1. The number of ether oxygens (including phenoxy) is 1. The molecule has 1 fully saturated rings. The fourth-order valence-corrected chi connectivity index (χ4v) is 4.99. The zero-order chi connectivity index (χ0) is 15.2. The van der Waals surface area contributed by atoms with Crippen LogP contribution in [0.3, 0.4) is 0 Å². The van der Waals surface area contributed by atoms with E-state index in [0.29, 0.717) is 16.0 Å². The molecular formula is C14H19NO4S. The van der Waals surface area contributed by atoms with E-state index in [-0.39, 0.29) is 6.04 Å². The zero-order valence-corrected chi connectivity index (χ0v) is 13.1. The van der Waals surface area contributed by atoms with Crippen LogP contribution in [0.15, 0.2) is 17.0 Å². The van der Waals surface area contributed by atoms with E-state index in [1.807, 2.05) is 19.1 Å². The highest BCUT2D eigenvalue weighted by molar-refractivity contribution is 7.89. The molecule has 1 unspecified atom stereocenters. The average Bonchev–Trinajstić information content (AvgIpc) is 2.99. The van der Waals surface area contributed by atoms with Crippen molar-refractivity contribution in [3.8, 4) is 0 Å². The topological polar surface area (TPSA) is 63.5 Å². The van der Waals surface area contributed by atoms with Crippen molar-refractivity contribution >= 4 is 16.0 Å². The Balaban J connectivity index is 2.46. The summed E-state index contributed by atoms with van der Waals surface area (Å²) >= 11 is 0. The molecule has 1 aliphatic heterocycles. The Morgan fingerprint density at radius 1 is 1.20 bits per heavy atom. The van der Waals surface area contributed by atoms with Crippen molar-refractivity contribution in [3.63, 3.8) is 0 Å². The van der Waals surface area contributed by atoms with Gasteiger partial charge in [-0.1, -0.05) is 17.7 Å². The minimum absolute atomic E-state index is 0.293. The van der Waals surface area contributed by atoms with Gasteiger partial charge in [0, 0.05) is 0 Å². The molecule has 0 N–H and O–H groups in total. The highest BCUT2D eigenvalue weighted by atomic mass is 32.2. The lowest BCUT2D eigenvalue weighted by atomic mass is 10.1. The summed E-state index contributed by atoms with van der Waals surface area (Å²) in [6.45, 7) is 7.17. The number of carbonyl (C=O) groups excluding carboxylic acids is 1. The smallest absolute Gasteiger partial charge is 0.325 e. The second-order valence-corrected chi connectivity index (χ2v) is 7.05. The molecule has 0 amide bonds. The summed E-state index contributed by atoms with van der Waals surface area (Å²) < 4.78 is 31.3. The minimum Gasteiger partial charge on any atom is -0.468 e. The van der Waals surface area contributed by atoms with Crippen LogP contribution >= 0.6 is 0 Å². The van der Waals surface area contributed by atoms with E-state index < -0.39 is 22.0 Å². The second-order valence-electron chi connectivity index (χ2n) is 5.27. The molecule has 1 heterocycles. The lowest BCUT2D eigenvalue weighted by molar-refractivity contribution is -0.140. The number of aryl methyl sites for hydroxylation is 3. The summed E-state index contributed by atoms with van der Waals surface area (Å²) in [6.07, 6.45) is 0. The first-order chi connectivity index (χ1) is 9.21. The van der Waals surface area contributed by atoms with E-state index in [4.69, 9.17) is 0 Å². The number of benzene rings is 1. The maximum Gasteiger partial charge on any atom is 0.325 e. The first kappa shape index (κ1) is 15.0. The minimum atomic E-state index is -3.66. The van der Waals surface area contributed by atoms with Gasteiger partial charge in [-0.15, -0.1) is 0 Å². The molecular weight excluding hydrogens is 278 g/mol. The number of sulfonamides is 1. The largest absolute Gasteiger partial charge is 0.468 e. The van der Waals surface area contributed by atoms with Crippen molar-refractivity contribution in [3.05, 3.63) is 28.8 Å². The molecule has 5 nitrogen and oxygen atoms in total. The van der Waals surface area contributed by atoms with Crippen molar-refractivity contribution in [2.75, 3.05) is 7.11 Å². The van der Waals surface area contributed by atoms with Crippen molar-refractivity contribution < 1.29 is 17.9 Å². The van der Waals surface area contributed by atoms with Gasteiger partial charge in [-0.3, -0.25) is 4.79 Å². The fourth-order valence-electron chi connectivity index (χ4n) is 2.79. The molecule has 1 aromatic carbocycles. The van der Waals surface area contributed by atoms with Crippen molar-refractivity contribution in [1.29, 1.82) is 0 Å². The quantitative estimate of drug-likeness (QED) is 0.627. The van der Waals surface area contributed by atoms with E-state index in [1.54, 1.807) is 20.8 Å². The summed E-state index contributed by atoms with van der Waals surface area (Å²) in [5.74, 6) is -0.511. The molecule has 0 spiro atoms. The number of methoxy groups -OCH3 is 1. The first-order valence-electron chi connectivity index (χ1n) is 6.41. The Labute approximate surface area is 119 Å². The highest BCUT2D eigenvalue weighted by Gasteiger charge is 2.58. The molecule has 3 atom stereocenters. The summed E-state index contributed by atoms with van der Waals surface area (Å²) in [6, 6.07) is 2.61. The van der Waals surface area contributed by atoms with E-state index >= 15 is 0 Å². The number of hydrogen-bond acceptors (Lipinski definition) is 4.